The summed E-state index contributed by atoms with van der Waals surface area (Å²) in [6.45, 7) is 4.55. The van der Waals surface area contributed by atoms with Gasteiger partial charge in [-0.3, -0.25) is 0 Å². The minimum Gasteiger partial charge on any atom is -0.478 e. The largest absolute Gasteiger partial charge is 0.478 e. The molecule has 146 valence electrons. The lowest BCUT2D eigenvalue weighted by Crippen LogP contribution is -2.16. The van der Waals surface area contributed by atoms with Crippen molar-refractivity contribution in [2.24, 2.45) is 0 Å². The molecule has 0 bridgehead atoms. The highest BCUT2D eigenvalue weighted by Crippen LogP contribution is 2.24. The summed E-state index contributed by atoms with van der Waals surface area (Å²) in [6, 6.07) is 12.7. The van der Waals surface area contributed by atoms with Gasteiger partial charge in [0.15, 0.2) is 0 Å². The van der Waals surface area contributed by atoms with Gasteiger partial charge in [0, 0.05) is 42.1 Å². The van der Waals surface area contributed by atoms with Crippen LogP contribution >= 0.6 is 0 Å². The van der Waals surface area contributed by atoms with Gasteiger partial charge in [-0.25, -0.2) is 13.6 Å². The summed E-state index contributed by atoms with van der Waals surface area (Å²) < 4.78 is 29.1. The van der Waals surface area contributed by atoms with Gasteiger partial charge in [0.1, 0.15) is 11.6 Å². The third-order valence-electron chi connectivity index (χ3n) is 4.93. The molecule has 0 amide bonds. The highest BCUT2D eigenvalue weighted by atomic mass is 19.1. The third kappa shape index (κ3) is 4.12. The second-order valence-electron chi connectivity index (χ2n) is 6.74. The van der Waals surface area contributed by atoms with E-state index in [1.165, 1.54) is 18.2 Å². The van der Waals surface area contributed by atoms with Crippen LogP contribution in [0.3, 0.4) is 0 Å². The molecule has 1 heterocycles. The number of carbonyl (C=O) groups is 1. The van der Waals surface area contributed by atoms with E-state index in [-0.39, 0.29) is 17.2 Å². The molecule has 3 aromatic rings. The SMILES string of the molecule is Cc1c(CNCc2ccccc2F)c(C(=O)O)c(C)n1Cc1cccc(F)c1. The fraction of sp³-hybridized carbons (Fsp3) is 0.227. The number of nitrogens with zero attached hydrogens (tertiary/aromatic N) is 1. The summed E-state index contributed by atoms with van der Waals surface area (Å²) in [5.74, 6) is -1.64. The van der Waals surface area contributed by atoms with Gasteiger partial charge in [0.05, 0.1) is 5.56 Å². The van der Waals surface area contributed by atoms with Crippen molar-refractivity contribution in [1.82, 2.24) is 9.88 Å². The molecular formula is C22H22F2N2O2. The van der Waals surface area contributed by atoms with Gasteiger partial charge < -0.3 is 15.0 Å². The maximum absolute atomic E-state index is 13.8. The number of carboxylic acid groups (broad SMARTS) is 1. The van der Waals surface area contributed by atoms with Gasteiger partial charge >= 0.3 is 5.97 Å². The number of carboxylic acids is 1. The molecule has 0 spiro atoms. The van der Waals surface area contributed by atoms with Crippen molar-refractivity contribution < 1.29 is 18.7 Å². The van der Waals surface area contributed by atoms with Crippen molar-refractivity contribution >= 4 is 5.97 Å². The van der Waals surface area contributed by atoms with Crippen molar-refractivity contribution in [2.45, 2.75) is 33.5 Å². The average molecular weight is 384 g/mol. The molecule has 2 aromatic carbocycles. The molecule has 2 N–H and O–H groups in total. The molecule has 0 aliphatic rings. The smallest absolute Gasteiger partial charge is 0.337 e. The topological polar surface area (TPSA) is 54.3 Å². The number of nitrogens with one attached hydrogen (secondary N) is 1. The monoisotopic (exact) mass is 384 g/mol. The molecule has 0 saturated carbocycles. The lowest BCUT2D eigenvalue weighted by atomic mass is 10.1. The number of hydrogen-bond donors (Lipinski definition) is 2. The van der Waals surface area contributed by atoms with Crippen LogP contribution in [-0.2, 0) is 19.6 Å². The fourth-order valence-corrected chi connectivity index (χ4v) is 3.47. The highest BCUT2D eigenvalue weighted by Gasteiger charge is 2.22. The molecule has 3 rings (SSSR count). The molecule has 0 aliphatic heterocycles. The quantitative estimate of drug-likeness (QED) is 0.634. The van der Waals surface area contributed by atoms with Crippen LogP contribution in [0.25, 0.3) is 0 Å². The van der Waals surface area contributed by atoms with Gasteiger partial charge in [-0.2, -0.15) is 0 Å². The maximum Gasteiger partial charge on any atom is 0.337 e. The van der Waals surface area contributed by atoms with Gasteiger partial charge in [-0.1, -0.05) is 30.3 Å². The van der Waals surface area contributed by atoms with Crippen LogP contribution in [0, 0.1) is 25.5 Å². The number of halogens is 2. The van der Waals surface area contributed by atoms with E-state index in [1.54, 1.807) is 37.3 Å². The molecule has 0 saturated heterocycles. The first-order valence-corrected chi connectivity index (χ1v) is 8.99. The zero-order chi connectivity index (χ0) is 20.3. The van der Waals surface area contributed by atoms with Crippen molar-refractivity contribution in [1.29, 1.82) is 0 Å². The minimum absolute atomic E-state index is 0.231. The Morgan fingerprint density at radius 1 is 1.04 bits per heavy atom. The Balaban J connectivity index is 1.86. The predicted octanol–water partition coefficient (Wildman–Crippen LogP) is 4.42. The summed E-state index contributed by atoms with van der Waals surface area (Å²) in [5, 5.41) is 12.8. The van der Waals surface area contributed by atoms with Crippen LogP contribution in [-0.4, -0.2) is 15.6 Å². The summed E-state index contributed by atoms with van der Waals surface area (Å²) in [4.78, 5) is 11.8. The van der Waals surface area contributed by atoms with Gasteiger partial charge in [-0.05, 0) is 37.6 Å². The Bertz CT molecular complexity index is 1010. The van der Waals surface area contributed by atoms with E-state index in [0.717, 1.165) is 11.3 Å². The Labute approximate surface area is 162 Å². The Hall–Kier alpha value is -2.99. The van der Waals surface area contributed by atoms with Crippen molar-refractivity contribution in [3.63, 3.8) is 0 Å². The fourth-order valence-electron chi connectivity index (χ4n) is 3.47. The minimum atomic E-state index is -1.01. The van der Waals surface area contributed by atoms with Gasteiger partial charge in [-0.15, -0.1) is 0 Å². The van der Waals surface area contributed by atoms with Gasteiger partial charge in [0.25, 0.3) is 0 Å². The lowest BCUT2D eigenvalue weighted by molar-refractivity contribution is 0.0694. The van der Waals surface area contributed by atoms with E-state index in [9.17, 15) is 18.7 Å². The number of aromatic nitrogens is 1. The van der Waals surface area contributed by atoms with E-state index in [1.807, 2.05) is 11.5 Å². The zero-order valence-corrected chi connectivity index (χ0v) is 15.8. The maximum atomic E-state index is 13.8. The first-order chi connectivity index (χ1) is 13.4. The predicted molar refractivity (Wildman–Crippen MR) is 103 cm³/mol. The molecule has 6 heteroatoms. The van der Waals surface area contributed by atoms with Gasteiger partial charge in [0.2, 0.25) is 0 Å². The third-order valence-corrected chi connectivity index (χ3v) is 4.93. The number of benzene rings is 2. The zero-order valence-electron chi connectivity index (χ0n) is 15.8. The van der Waals surface area contributed by atoms with Crippen LogP contribution in [0.4, 0.5) is 8.78 Å². The Morgan fingerprint density at radius 2 is 1.79 bits per heavy atom. The molecule has 0 unspecified atom stereocenters. The Kier molecular flexibility index (Phi) is 5.90. The van der Waals surface area contributed by atoms with E-state index in [0.29, 0.717) is 36.5 Å². The lowest BCUT2D eigenvalue weighted by Gasteiger charge is -2.11. The summed E-state index contributed by atoms with van der Waals surface area (Å²) in [6.07, 6.45) is 0. The molecule has 0 aliphatic carbocycles. The van der Waals surface area contributed by atoms with Crippen LogP contribution in [0.15, 0.2) is 48.5 Å². The summed E-state index contributed by atoms with van der Waals surface area (Å²) in [5.41, 5.74) is 3.56. The first-order valence-electron chi connectivity index (χ1n) is 8.99. The van der Waals surface area contributed by atoms with Crippen LogP contribution in [0.1, 0.15) is 38.4 Å². The standard InChI is InChI=1S/C22H22F2N2O2/c1-14-19(12-25-11-17-7-3-4-9-20(17)24)21(22(27)28)15(2)26(14)13-16-6-5-8-18(23)10-16/h3-10,25H,11-13H2,1-2H3,(H,27,28). The molecule has 4 nitrogen and oxygen atoms in total. The van der Waals surface area contributed by atoms with Crippen molar-refractivity contribution in [2.75, 3.05) is 0 Å². The van der Waals surface area contributed by atoms with E-state index >= 15 is 0 Å². The number of hydrogen-bond acceptors (Lipinski definition) is 2. The normalized spacial score (nSPS) is 11.0. The molecule has 28 heavy (non-hydrogen) atoms. The average Bonchev–Trinajstić information content (AvgIpc) is 2.88. The van der Waals surface area contributed by atoms with Crippen molar-refractivity contribution in [3.05, 3.63) is 93.8 Å². The van der Waals surface area contributed by atoms with Crippen molar-refractivity contribution in [3.8, 4) is 0 Å². The number of rotatable bonds is 7. The van der Waals surface area contributed by atoms with E-state index in [2.05, 4.69) is 5.32 Å². The first kappa shape index (κ1) is 19.8. The van der Waals surface area contributed by atoms with E-state index in [4.69, 9.17) is 0 Å². The van der Waals surface area contributed by atoms with E-state index < -0.39 is 5.97 Å². The molecule has 0 radical (unpaired) electrons. The van der Waals surface area contributed by atoms with Crippen LogP contribution < -0.4 is 5.32 Å². The van der Waals surface area contributed by atoms with Crippen LogP contribution in [0.5, 0.6) is 0 Å². The molecule has 0 atom stereocenters. The molecule has 1 aromatic heterocycles. The highest BCUT2D eigenvalue weighted by molar-refractivity contribution is 5.91. The number of aromatic carboxylic acids is 1. The second kappa shape index (κ2) is 8.35. The molecular weight excluding hydrogens is 362 g/mol. The molecule has 0 fully saturated rings. The summed E-state index contributed by atoms with van der Waals surface area (Å²) in [7, 11) is 0. The van der Waals surface area contributed by atoms with Crippen LogP contribution in [0.2, 0.25) is 0 Å². The summed E-state index contributed by atoms with van der Waals surface area (Å²) >= 11 is 0. The second-order valence-corrected chi connectivity index (χ2v) is 6.74. The Morgan fingerprint density at radius 3 is 2.46 bits per heavy atom.